The van der Waals surface area contributed by atoms with Gasteiger partial charge in [-0.05, 0) is 23.5 Å². The molecule has 0 saturated carbocycles. The van der Waals surface area contributed by atoms with Crippen molar-refractivity contribution in [3.63, 3.8) is 0 Å². The molecule has 2 nitrogen and oxygen atoms in total. The van der Waals surface area contributed by atoms with E-state index in [4.69, 9.17) is 0 Å². The second-order valence-electron chi connectivity index (χ2n) is 3.77. The summed E-state index contributed by atoms with van der Waals surface area (Å²) in [7, 11) is 0. The number of rotatable bonds is 3. The van der Waals surface area contributed by atoms with Crippen LogP contribution in [0.1, 0.15) is 39.2 Å². The maximum atomic E-state index is 3.88. The molecule has 0 spiro atoms. The Labute approximate surface area is 74.0 Å². The van der Waals surface area contributed by atoms with Crippen LogP contribution in [0.5, 0.6) is 0 Å². The predicted octanol–water partition coefficient (Wildman–Crippen LogP) is 2.55. The molecule has 0 aliphatic carbocycles. The van der Waals surface area contributed by atoms with Crippen molar-refractivity contribution in [2.75, 3.05) is 0 Å². The zero-order valence-corrected chi connectivity index (χ0v) is 8.04. The van der Waals surface area contributed by atoms with Crippen LogP contribution >= 0.6 is 0 Å². The summed E-state index contributed by atoms with van der Waals surface area (Å²) in [5.74, 6) is 0. The van der Waals surface area contributed by atoms with Crippen LogP contribution in [0, 0.1) is 0 Å². The zero-order chi connectivity index (χ0) is 9.03. The first-order valence-corrected chi connectivity index (χ1v) is 4.44. The van der Waals surface area contributed by atoms with Crippen LogP contribution in [-0.4, -0.2) is 10.2 Å². The fraction of sp³-hybridized carbons (Fsp3) is 0.600. The van der Waals surface area contributed by atoms with Crippen molar-refractivity contribution >= 4 is 0 Å². The Hall–Kier alpha value is -0.920. The quantitative estimate of drug-likeness (QED) is 0.686. The smallest absolute Gasteiger partial charge is 0.0533 e. The van der Waals surface area contributed by atoms with Gasteiger partial charge in [0.25, 0.3) is 0 Å². The minimum Gasteiger partial charge on any atom is -0.159 e. The summed E-state index contributed by atoms with van der Waals surface area (Å²) in [4.78, 5) is 0. The average Bonchev–Trinajstić information content (AvgIpc) is 2.06. The summed E-state index contributed by atoms with van der Waals surface area (Å²) < 4.78 is 0. The Bertz CT molecular complexity index is 229. The zero-order valence-electron chi connectivity index (χ0n) is 8.04. The van der Waals surface area contributed by atoms with Crippen molar-refractivity contribution in [3.05, 3.63) is 24.0 Å². The SMILES string of the molecule is CCCC(C)(C)c1ccnnc1. The molecule has 0 aliphatic heterocycles. The second kappa shape index (κ2) is 3.65. The molecule has 1 heterocycles. The largest absolute Gasteiger partial charge is 0.159 e. The first kappa shape index (κ1) is 9.17. The fourth-order valence-corrected chi connectivity index (χ4v) is 1.46. The molecule has 2 heteroatoms. The Balaban J connectivity index is 2.82. The highest BCUT2D eigenvalue weighted by Gasteiger charge is 2.18. The van der Waals surface area contributed by atoms with E-state index in [-0.39, 0.29) is 5.41 Å². The monoisotopic (exact) mass is 164 g/mol. The number of aromatic nitrogens is 2. The highest BCUT2D eigenvalue weighted by molar-refractivity contribution is 5.17. The summed E-state index contributed by atoms with van der Waals surface area (Å²) in [6.45, 7) is 6.69. The van der Waals surface area contributed by atoms with Crippen molar-refractivity contribution in [2.24, 2.45) is 0 Å². The van der Waals surface area contributed by atoms with Crippen molar-refractivity contribution in [1.82, 2.24) is 10.2 Å². The van der Waals surface area contributed by atoms with Gasteiger partial charge in [0.2, 0.25) is 0 Å². The molecule has 1 aromatic heterocycles. The first-order valence-electron chi connectivity index (χ1n) is 4.44. The topological polar surface area (TPSA) is 25.8 Å². The molecule has 66 valence electrons. The normalized spacial score (nSPS) is 11.6. The van der Waals surface area contributed by atoms with Crippen LogP contribution in [0.15, 0.2) is 18.5 Å². The summed E-state index contributed by atoms with van der Waals surface area (Å²) >= 11 is 0. The molecule has 0 bridgehead atoms. The van der Waals surface area contributed by atoms with Gasteiger partial charge in [0, 0.05) is 6.20 Å². The fourth-order valence-electron chi connectivity index (χ4n) is 1.46. The number of hydrogen-bond donors (Lipinski definition) is 0. The molecule has 0 unspecified atom stereocenters. The van der Waals surface area contributed by atoms with Crippen LogP contribution in [-0.2, 0) is 5.41 Å². The number of nitrogens with zero attached hydrogens (tertiary/aromatic N) is 2. The van der Waals surface area contributed by atoms with Gasteiger partial charge in [-0.1, -0.05) is 27.2 Å². The molecule has 0 aromatic carbocycles. The minimum atomic E-state index is 0.241. The third kappa shape index (κ3) is 2.03. The van der Waals surface area contributed by atoms with Gasteiger partial charge in [-0.25, -0.2) is 0 Å². The summed E-state index contributed by atoms with van der Waals surface area (Å²) in [6, 6.07) is 2.04. The molecule has 0 aliphatic rings. The van der Waals surface area contributed by atoms with Crippen molar-refractivity contribution in [3.8, 4) is 0 Å². The van der Waals surface area contributed by atoms with Crippen LogP contribution < -0.4 is 0 Å². The van der Waals surface area contributed by atoms with E-state index in [1.54, 1.807) is 6.20 Å². The molecule has 0 atom stereocenters. The van der Waals surface area contributed by atoms with Crippen LogP contribution in [0.2, 0.25) is 0 Å². The third-order valence-electron chi connectivity index (χ3n) is 2.24. The van der Waals surface area contributed by atoms with Crippen molar-refractivity contribution < 1.29 is 0 Å². The standard InChI is InChI=1S/C10H16N2/c1-4-6-10(2,3)9-5-7-11-12-8-9/h5,7-8H,4,6H2,1-3H3. The van der Waals surface area contributed by atoms with E-state index in [2.05, 4.69) is 31.0 Å². The second-order valence-corrected chi connectivity index (χ2v) is 3.77. The molecular formula is C10H16N2. The highest BCUT2D eigenvalue weighted by atomic mass is 15.1. The molecule has 0 N–H and O–H groups in total. The molecule has 0 amide bonds. The lowest BCUT2D eigenvalue weighted by atomic mass is 9.82. The van der Waals surface area contributed by atoms with E-state index >= 15 is 0 Å². The Morgan fingerprint density at radius 1 is 1.33 bits per heavy atom. The molecule has 0 radical (unpaired) electrons. The third-order valence-corrected chi connectivity index (χ3v) is 2.24. The molecule has 12 heavy (non-hydrogen) atoms. The molecule has 1 aromatic rings. The summed E-state index contributed by atoms with van der Waals surface area (Å²) in [5, 5.41) is 7.65. The van der Waals surface area contributed by atoms with Gasteiger partial charge >= 0.3 is 0 Å². The first-order chi connectivity index (χ1) is 5.67. The van der Waals surface area contributed by atoms with E-state index in [9.17, 15) is 0 Å². The lowest BCUT2D eigenvalue weighted by Crippen LogP contribution is -2.16. The van der Waals surface area contributed by atoms with Gasteiger partial charge in [-0.15, -0.1) is 0 Å². The maximum absolute atomic E-state index is 3.88. The lowest BCUT2D eigenvalue weighted by molar-refractivity contribution is 0.470. The maximum Gasteiger partial charge on any atom is 0.0533 e. The molecule has 0 saturated heterocycles. The molecule has 0 fully saturated rings. The number of hydrogen-bond acceptors (Lipinski definition) is 2. The van der Waals surface area contributed by atoms with Crippen molar-refractivity contribution in [2.45, 2.75) is 39.0 Å². The minimum absolute atomic E-state index is 0.241. The average molecular weight is 164 g/mol. The van der Waals surface area contributed by atoms with Gasteiger partial charge < -0.3 is 0 Å². The Morgan fingerprint density at radius 2 is 2.08 bits per heavy atom. The van der Waals surface area contributed by atoms with Crippen molar-refractivity contribution in [1.29, 1.82) is 0 Å². The van der Waals surface area contributed by atoms with E-state index < -0.39 is 0 Å². The van der Waals surface area contributed by atoms with Crippen LogP contribution in [0.25, 0.3) is 0 Å². The van der Waals surface area contributed by atoms with E-state index in [0.717, 1.165) is 0 Å². The Morgan fingerprint density at radius 3 is 2.58 bits per heavy atom. The van der Waals surface area contributed by atoms with Crippen LogP contribution in [0.3, 0.4) is 0 Å². The van der Waals surface area contributed by atoms with Crippen LogP contribution in [0.4, 0.5) is 0 Å². The van der Waals surface area contributed by atoms with Gasteiger partial charge in [0.15, 0.2) is 0 Å². The van der Waals surface area contributed by atoms with Gasteiger partial charge in [0.05, 0.1) is 6.20 Å². The predicted molar refractivity (Wildman–Crippen MR) is 50.0 cm³/mol. The lowest BCUT2D eigenvalue weighted by Gasteiger charge is -2.23. The summed E-state index contributed by atoms with van der Waals surface area (Å²) in [6.07, 6.45) is 6.01. The molecular weight excluding hydrogens is 148 g/mol. The van der Waals surface area contributed by atoms with E-state index in [1.165, 1.54) is 18.4 Å². The van der Waals surface area contributed by atoms with Gasteiger partial charge in [0.1, 0.15) is 0 Å². The Kier molecular flexibility index (Phi) is 2.79. The van der Waals surface area contributed by atoms with Gasteiger partial charge in [-0.2, -0.15) is 10.2 Å². The molecule has 1 rings (SSSR count). The van der Waals surface area contributed by atoms with Gasteiger partial charge in [-0.3, -0.25) is 0 Å². The van der Waals surface area contributed by atoms with E-state index in [1.807, 2.05) is 12.3 Å². The summed E-state index contributed by atoms with van der Waals surface area (Å²) in [5.41, 5.74) is 1.52. The van der Waals surface area contributed by atoms with E-state index in [0.29, 0.717) is 0 Å². The highest BCUT2D eigenvalue weighted by Crippen LogP contribution is 2.26.